The maximum Gasteiger partial charge on any atom is 0.165 e. The molecule has 4 heteroatoms. The van der Waals surface area contributed by atoms with E-state index in [2.05, 4.69) is 6.07 Å². The molecule has 0 radical (unpaired) electrons. The summed E-state index contributed by atoms with van der Waals surface area (Å²) in [7, 11) is 1.58. The van der Waals surface area contributed by atoms with Gasteiger partial charge in [0, 0.05) is 16.7 Å². The standard InChI is InChI=1S/C13H14ClNO2/c1-16-12-8-10(14)7-9(5-6-15)13(12)17-11-3-2-4-11/h7-8,11H,2-5H2,1H3. The first-order chi connectivity index (χ1) is 8.24. The van der Waals surface area contributed by atoms with E-state index in [-0.39, 0.29) is 12.5 Å². The van der Waals surface area contributed by atoms with E-state index in [0.29, 0.717) is 16.5 Å². The van der Waals surface area contributed by atoms with Crippen LogP contribution in [-0.2, 0) is 6.42 Å². The van der Waals surface area contributed by atoms with Crippen molar-refractivity contribution in [2.75, 3.05) is 7.11 Å². The fraction of sp³-hybridized carbons (Fsp3) is 0.462. The number of methoxy groups -OCH3 is 1. The van der Waals surface area contributed by atoms with Crippen LogP contribution in [0.25, 0.3) is 0 Å². The smallest absolute Gasteiger partial charge is 0.165 e. The summed E-state index contributed by atoms with van der Waals surface area (Å²) in [4.78, 5) is 0. The Kier molecular flexibility index (Phi) is 3.75. The van der Waals surface area contributed by atoms with Crippen molar-refractivity contribution in [1.29, 1.82) is 5.26 Å². The number of ether oxygens (including phenoxy) is 2. The van der Waals surface area contributed by atoms with Gasteiger partial charge in [-0.3, -0.25) is 0 Å². The maximum absolute atomic E-state index is 8.81. The number of benzene rings is 1. The fourth-order valence-electron chi connectivity index (χ4n) is 1.78. The Hall–Kier alpha value is -1.40. The SMILES string of the molecule is COc1cc(Cl)cc(CC#N)c1OC1CCC1. The first-order valence-electron chi connectivity index (χ1n) is 5.64. The summed E-state index contributed by atoms with van der Waals surface area (Å²) in [5, 5.41) is 9.38. The second kappa shape index (κ2) is 5.29. The highest BCUT2D eigenvalue weighted by molar-refractivity contribution is 6.30. The lowest BCUT2D eigenvalue weighted by Gasteiger charge is -2.28. The summed E-state index contributed by atoms with van der Waals surface area (Å²) in [5.74, 6) is 1.28. The van der Waals surface area contributed by atoms with E-state index in [1.807, 2.05) is 0 Å². The predicted octanol–water partition coefficient (Wildman–Crippen LogP) is 3.35. The number of nitriles is 1. The zero-order valence-electron chi connectivity index (χ0n) is 9.70. The third-order valence-electron chi connectivity index (χ3n) is 2.92. The lowest BCUT2D eigenvalue weighted by Crippen LogP contribution is -2.25. The van der Waals surface area contributed by atoms with Gasteiger partial charge in [0.25, 0.3) is 0 Å². The van der Waals surface area contributed by atoms with Crippen LogP contribution in [0.1, 0.15) is 24.8 Å². The van der Waals surface area contributed by atoms with E-state index >= 15 is 0 Å². The molecule has 0 heterocycles. The number of nitrogens with zero attached hydrogens (tertiary/aromatic N) is 1. The summed E-state index contributed by atoms with van der Waals surface area (Å²) in [5.41, 5.74) is 0.795. The van der Waals surface area contributed by atoms with Crippen molar-refractivity contribution < 1.29 is 9.47 Å². The van der Waals surface area contributed by atoms with Gasteiger partial charge in [0.1, 0.15) is 0 Å². The Morgan fingerprint density at radius 3 is 2.76 bits per heavy atom. The van der Waals surface area contributed by atoms with E-state index in [0.717, 1.165) is 18.4 Å². The van der Waals surface area contributed by atoms with Gasteiger partial charge in [-0.1, -0.05) is 11.6 Å². The molecule has 1 aliphatic carbocycles. The Bertz CT molecular complexity index is 449. The molecule has 0 bridgehead atoms. The maximum atomic E-state index is 8.81. The third kappa shape index (κ3) is 2.65. The summed E-state index contributed by atoms with van der Waals surface area (Å²) in [6.45, 7) is 0. The lowest BCUT2D eigenvalue weighted by atomic mass is 9.96. The van der Waals surface area contributed by atoms with Gasteiger partial charge < -0.3 is 9.47 Å². The van der Waals surface area contributed by atoms with E-state index in [1.54, 1.807) is 19.2 Å². The molecule has 0 N–H and O–H groups in total. The molecule has 0 amide bonds. The second-order valence-corrected chi connectivity index (χ2v) is 4.54. The largest absolute Gasteiger partial charge is 0.493 e. The summed E-state index contributed by atoms with van der Waals surface area (Å²) in [6, 6.07) is 5.60. The van der Waals surface area contributed by atoms with E-state index in [1.165, 1.54) is 6.42 Å². The second-order valence-electron chi connectivity index (χ2n) is 4.10. The van der Waals surface area contributed by atoms with Gasteiger partial charge in [0.2, 0.25) is 0 Å². The Balaban J connectivity index is 2.33. The zero-order chi connectivity index (χ0) is 12.3. The molecule has 1 aromatic rings. The molecule has 1 fully saturated rings. The molecule has 0 saturated heterocycles. The minimum Gasteiger partial charge on any atom is -0.493 e. The van der Waals surface area contributed by atoms with Crippen LogP contribution in [0.2, 0.25) is 5.02 Å². The van der Waals surface area contributed by atoms with Crippen LogP contribution < -0.4 is 9.47 Å². The first-order valence-corrected chi connectivity index (χ1v) is 6.02. The van der Waals surface area contributed by atoms with Crippen molar-refractivity contribution in [3.8, 4) is 17.6 Å². The Morgan fingerprint density at radius 2 is 2.24 bits per heavy atom. The average molecular weight is 252 g/mol. The Labute approximate surface area is 106 Å². The minimum absolute atomic E-state index is 0.252. The molecular formula is C13H14ClNO2. The number of rotatable bonds is 4. The number of halogens is 1. The van der Waals surface area contributed by atoms with Gasteiger partial charge in [0.15, 0.2) is 11.5 Å². The molecule has 90 valence electrons. The summed E-state index contributed by atoms with van der Waals surface area (Å²) in [6.07, 6.45) is 3.87. The van der Waals surface area contributed by atoms with Crippen LogP contribution in [0.3, 0.4) is 0 Å². The molecule has 0 atom stereocenters. The van der Waals surface area contributed by atoms with Crippen molar-refractivity contribution in [1.82, 2.24) is 0 Å². The van der Waals surface area contributed by atoms with Crippen LogP contribution in [-0.4, -0.2) is 13.2 Å². The highest BCUT2D eigenvalue weighted by atomic mass is 35.5. The minimum atomic E-state index is 0.252. The van der Waals surface area contributed by atoms with Crippen molar-refractivity contribution in [2.24, 2.45) is 0 Å². The van der Waals surface area contributed by atoms with Gasteiger partial charge >= 0.3 is 0 Å². The van der Waals surface area contributed by atoms with Crippen LogP contribution in [0.15, 0.2) is 12.1 Å². The molecule has 1 aliphatic rings. The lowest BCUT2D eigenvalue weighted by molar-refractivity contribution is 0.115. The van der Waals surface area contributed by atoms with Crippen LogP contribution in [0.4, 0.5) is 0 Å². The summed E-state index contributed by atoms with van der Waals surface area (Å²) < 4.78 is 11.1. The normalized spacial score (nSPS) is 14.9. The molecular weight excluding hydrogens is 238 g/mol. The highest BCUT2D eigenvalue weighted by Crippen LogP contribution is 2.38. The van der Waals surface area contributed by atoms with E-state index in [9.17, 15) is 0 Å². The van der Waals surface area contributed by atoms with Crippen molar-refractivity contribution in [3.05, 3.63) is 22.7 Å². The quantitative estimate of drug-likeness (QED) is 0.824. The first kappa shape index (κ1) is 12.1. The van der Waals surface area contributed by atoms with Crippen molar-refractivity contribution in [2.45, 2.75) is 31.8 Å². The fourth-order valence-corrected chi connectivity index (χ4v) is 2.01. The molecule has 2 rings (SSSR count). The van der Waals surface area contributed by atoms with Crippen molar-refractivity contribution >= 4 is 11.6 Å². The summed E-state index contributed by atoms with van der Waals surface area (Å²) >= 11 is 5.98. The van der Waals surface area contributed by atoms with Gasteiger partial charge in [-0.15, -0.1) is 0 Å². The Morgan fingerprint density at radius 1 is 1.47 bits per heavy atom. The third-order valence-corrected chi connectivity index (χ3v) is 3.14. The van der Waals surface area contributed by atoms with Crippen LogP contribution in [0.5, 0.6) is 11.5 Å². The number of hydrogen-bond acceptors (Lipinski definition) is 3. The van der Waals surface area contributed by atoms with Crippen LogP contribution >= 0.6 is 11.6 Å². The topological polar surface area (TPSA) is 42.2 Å². The van der Waals surface area contributed by atoms with Gasteiger partial charge in [-0.2, -0.15) is 5.26 Å². The highest BCUT2D eigenvalue weighted by Gasteiger charge is 2.23. The molecule has 1 aromatic carbocycles. The van der Waals surface area contributed by atoms with Gasteiger partial charge in [-0.25, -0.2) is 0 Å². The molecule has 3 nitrogen and oxygen atoms in total. The van der Waals surface area contributed by atoms with Gasteiger partial charge in [0.05, 0.1) is 25.7 Å². The molecule has 17 heavy (non-hydrogen) atoms. The molecule has 0 aliphatic heterocycles. The molecule has 1 saturated carbocycles. The monoisotopic (exact) mass is 251 g/mol. The predicted molar refractivity (Wildman–Crippen MR) is 65.6 cm³/mol. The van der Waals surface area contributed by atoms with Crippen LogP contribution in [0, 0.1) is 11.3 Å². The average Bonchev–Trinajstić information content (AvgIpc) is 2.25. The number of hydrogen-bond donors (Lipinski definition) is 0. The van der Waals surface area contributed by atoms with E-state index in [4.69, 9.17) is 26.3 Å². The van der Waals surface area contributed by atoms with E-state index < -0.39 is 0 Å². The molecule has 0 unspecified atom stereocenters. The molecule has 0 spiro atoms. The zero-order valence-corrected chi connectivity index (χ0v) is 10.5. The van der Waals surface area contributed by atoms with Crippen molar-refractivity contribution in [3.63, 3.8) is 0 Å². The van der Waals surface area contributed by atoms with Gasteiger partial charge in [-0.05, 0) is 25.3 Å². The molecule has 0 aromatic heterocycles.